The van der Waals surface area contributed by atoms with Crippen LogP contribution >= 0.6 is 0 Å². The number of nitriles is 1. The molecule has 0 heterocycles. The minimum atomic E-state index is -0.545. The van der Waals surface area contributed by atoms with Gasteiger partial charge in [-0.2, -0.15) is 5.26 Å². The zero-order chi connectivity index (χ0) is 12.2. The molecule has 0 spiro atoms. The van der Waals surface area contributed by atoms with Gasteiger partial charge >= 0.3 is 0 Å². The molecule has 0 aromatic rings. The quantitative estimate of drug-likeness (QED) is 0.777. The predicted octanol–water partition coefficient (Wildman–Crippen LogP) is 2.13. The van der Waals surface area contributed by atoms with E-state index in [4.69, 9.17) is 11.0 Å². The van der Waals surface area contributed by atoms with Gasteiger partial charge in [0, 0.05) is 6.04 Å². The van der Waals surface area contributed by atoms with Gasteiger partial charge in [0.25, 0.3) is 0 Å². The fourth-order valence-corrected chi connectivity index (χ4v) is 2.75. The highest BCUT2D eigenvalue weighted by Crippen LogP contribution is 2.35. The first kappa shape index (κ1) is 13.5. The second-order valence-corrected chi connectivity index (χ2v) is 5.25. The van der Waals surface area contributed by atoms with Crippen LogP contribution in [0, 0.1) is 17.2 Å². The third kappa shape index (κ3) is 2.96. The summed E-state index contributed by atoms with van der Waals surface area (Å²) in [5, 5.41) is 9.14. The molecule has 3 nitrogen and oxygen atoms in total. The van der Waals surface area contributed by atoms with Gasteiger partial charge in [-0.05, 0) is 52.1 Å². The molecule has 0 aromatic heterocycles. The van der Waals surface area contributed by atoms with Crippen LogP contribution in [0.25, 0.3) is 0 Å². The number of nitrogens with zero attached hydrogens (tertiary/aromatic N) is 2. The molecular formula is C13H25N3. The van der Waals surface area contributed by atoms with Crippen LogP contribution in [-0.2, 0) is 0 Å². The van der Waals surface area contributed by atoms with Crippen LogP contribution in [0.5, 0.6) is 0 Å². The Morgan fingerprint density at radius 3 is 2.75 bits per heavy atom. The Morgan fingerprint density at radius 1 is 1.56 bits per heavy atom. The second kappa shape index (κ2) is 5.65. The van der Waals surface area contributed by atoms with Gasteiger partial charge in [-0.1, -0.05) is 13.3 Å². The third-order valence-electron chi connectivity index (χ3n) is 3.98. The Labute approximate surface area is 99.6 Å². The van der Waals surface area contributed by atoms with Crippen molar-refractivity contribution in [2.45, 2.75) is 58.0 Å². The molecule has 0 saturated heterocycles. The molecule has 0 amide bonds. The van der Waals surface area contributed by atoms with E-state index in [-0.39, 0.29) is 0 Å². The summed E-state index contributed by atoms with van der Waals surface area (Å²) >= 11 is 0. The van der Waals surface area contributed by atoms with E-state index in [1.807, 2.05) is 0 Å². The minimum absolute atomic E-state index is 0.394. The smallest absolute Gasteiger partial charge is 0.107 e. The normalized spacial score (nSPS) is 29.9. The number of nitrogens with two attached hydrogens (primary N) is 1. The van der Waals surface area contributed by atoms with Gasteiger partial charge < -0.3 is 10.6 Å². The predicted molar refractivity (Wildman–Crippen MR) is 66.9 cm³/mol. The lowest BCUT2D eigenvalue weighted by molar-refractivity contribution is 0.206. The molecular weight excluding hydrogens is 198 g/mol. The van der Waals surface area contributed by atoms with Gasteiger partial charge in [0.2, 0.25) is 0 Å². The molecule has 1 aliphatic carbocycles. The van der Waals surface area contributed by atoms with Crippen molar-refractivity contribution in [1.29, 1.82) is 5.26 Å². The Hall–Kier alpha value is -0.590. The SMILES string of the molecule is CCN(CCC1CCCC1(N)C#N)C(C)C. The van der Waals surface area contributed by atoms with Gasteiger partial charge in [0.1, 0.15) is 5.54 Å². The van der Waals surface area contributed by atoms with Gasteiger partial charge in [0.15, 0.2) is 0 Å². The molecule has 92 valence electrons. The molecule has 1 saturated carbocycles. The standard InChI is InChI=1S/C13H25N3/c1-4-16(11(2)3)9-7-12-6-5-8-13(12,15)10-14/h11-12H,4-9,15H2,1-3H3. The number of hydrogen-bond acceptors (Lipinski definition) is 3. The molecule has 0 aliphatic heterocycles. The zero-order valence-corrected chi connectivity index (χ0v) is 10.9. The van der Waals surface area contributed by atoms with Crippen LogP contribution in [0.15, 0.2) is 0 Å². The Bertz CT molecular complexity index is 256. The van der Waals surface area contributed by atoms with Crippen molar-refractivity contribution < 1.29 is 0 Å². The Balaban J connectivity index is 2.46. The summed E-state index contributed by atoms with van der Waals surface area (Å²) in [6.45, 7) is 8.78. The molecule has 2 N–H and O–H groups in total. The Kier molecular flexibility index (Phi) is 4.76. The topological polar surface area (TPSA) is 53.0 Å². The van der Waals surface area contributed by atoms with E-state index in [0.29, 0.717) is 12.0 Å². The summed E-state index contributed by atoms with van der Waals surface area (Å²) in [5.41, 5.74) is 5.58. The number of hydrogen-bond donors (Lipinski definition) is 1. The van der Waals surface area contributed by atoms with E-state index < -0.39 is 5.54 Å². The van der Waals surface area contributed by atoms with Crippen molar-refractivity contribution in [3.05, 3.63) is 0 Å². The summed E-state index contributed by atoms with van der Waals surface area (Å²) in [5.74, 6) is 0.394. The zero-order valence-electron chi connectivity index (χ0n) is 10.9. The van der Waals surface area contributed by atoms with Crippen molar-refractivity contribution in [2.75, 3.05) is 13.1 Å². The lowest BCUT2D eigenvalue weighted by Crippen LogP contribution is -2.43. The summed E-state index contributed by atoms with van der Waals surface area (Å²) in [4.78, 5) is 2.44. The Morgan fingerprint density at radius 2 is 2.25 bits per heavy atom. The lowest BCUT2D eigenvalue weighted by atomic mass is 9.87. The van der Waals surface area contributed by atoms with Crippen molar-refractivity contribution in [1.82, 2.24) is 4.90 Å². The summed E-state index contributed by atoms with van der Waals surface area (Å²) in [7, 11) is 0. The molecule has 16 heavy (non-hydrogen) atoms. The van der Waals surface area contributed by atoms with Crippen molar-refractivity contribution >= 4 is 0 Å². The van der Waals surface area contributed by atoms with Crippen LogP contribution < -0.4 is 5.73 Å². The average Bonchev–Trinajstić information content (AvgIpc) is 2.62. The maximum Gasteiger partial charge on any atom is 0.107 e. The van der Waals surface area contributed by atoms with Crippen LogP contribution in [0.3, 0.4) is 0 Å². The molecule has 1 aliphatic rings. The van der Waals surface area contributed by atoms with Gasteiger partial charge in [-0.3, -0.25) is 0 Å². The maximum atomic E-state index is 9.14. The van der Waals surface area contributed by atoms with E-state index in [1.54, 1.807) is 0 Å². The molecule has 0 bridgehead atoms. The first-order chi connectivity index (χ1) is 7.53. The summed E-state index contributed by atoms with van der Waals surface area (Å²) < 4.78 is 0. The first-order valence-corrected chi connectivity index (χ1v) is 6.47. The summed E-state index contributed by atoms with van der Waals surface area (Å²) in [6, 6.07) is 2.90. The van der Waals surface area contributed by atoms with Crippen LogP contribution in [0.2, 0.25) is 0 Å². The molecule has 0 aromatic carbocycles. The highest BCUT2D eigenvalue weighted by atomic mass is 15.1. The third-order valence-corrected chi connectivity index (χ3v) is 3.98. The molecule has 2 atom stereocenters. The fraction of sp³-hybridized carbons (Fsp3) is 0.923. The second-order valence-electron chi connectivity index (χ2n) is 5.25. The molecule has 1 rings (SSSR count). The molecule has 3 heteroatoms. The average molecular weight is 223 g/mol. The van der Waals surface area contributed by atoms with Gasteiger partial charge in [0.05, 0.1) is 6.07 Å². The van der Waals surface area contributed by atoms with E-state index in [0.717, 1.165) is 38.8 Å². The fourth-order valence-electron chi connectivity index (χ4n) is 2.75. The molecule has 0 radical (unpaired) electrons. The van der Waals surface area contributed by atoms with Crippen molar-refractivity contribution in [2.24, 2.45) is 11.7 Å². The minimum Gasteiger partial charge on any atom is -0.313 e. The van der Waals surface area contributed by atoms with Crippen LogP contribution in [0.1, 0.15) is 46.5 Å². The molecule has 1 fully saturated rings. The monoisotopic (exact) mass is 223 g/mol. The van der Waals surface area contributed by atoms with E-state index >= 15 is 0 Å². The van der Waals surface area contributed by atoms with Crippen molar-refractivity contribution in [3.63, 3.8) is 0 Å². The van der Waals surface area contributed by atoms with Crippen LogP contribution in [-0.4, -0.2) is 29.6 Å². The summed E-state index contributed by atoms with van der Waals surface area (Å²) in [6.07, 6.45) is 4.18. The van der Waals surface area contributed by atoms with Crippen LogP contribution in [0.4, 0.5) is 0 Å². The number of rotatable bonds is 5. The van der Waals surface area contributed by atoms with E-state index in [2.05, 4.69) is 31.7 Å². The highest BCUT2D eigenvalue weighted by Gasteiger charge is 2.39. The lowest BCUT2D eigenvalue weighted by Gasteiger charge is -2.29. The van der Waals surface area contributed by atoms with Gasteiger partial charge in [-0.15, -0.1) is 0 Å². The largest absolute Gasteiger partial charge is 0.313 e. The van der Waals surface area contributed by atoms with E-state index in [9.17, 15) is 0 Å². The van der Waals surface area contributed by atoms with Gasteiger partial charge in [-0.25, -0.2) is 0 Å². The van der Waals surface area contributed by atoms with E-state index in [1.165, 1.54) is 0 Å². The van der Waals surface area contributed by atoms with Crippen molar-refractivity contribution in [3.8, 4) is 6.07 Å². The highest BCUT2D eigenvalue weighted by molar-refractivity contribution is 5.11. The molecule has 2 unspecified atom stereocenters. The maximum absolute atomic E-state index is 9.14. The first-order valence-electron chi connectivity index (χ1n) is 6.47.